The van der Waals surface area contributed by atoms with Gasteiger partial charge < -0.3 is 20.1 Å². The van der Waals surface area contributed by atoms with Gasteiger partial charge in [0.25, 0.3) is 0 Å². The first kappa shape index (κ1) is 22.1. The van der Waals surface area contributed by atoms with E-state index in [0.29, 0.717) is 6.42 Å². The summed E-state index contributed by atoms with van der Waals surface area (Å²) < 4.78 is 10.7. The van der Waals surface area contributed by atoms with Crippen molar-refractivity contribution in [3.05, 3.63) is 83.1 Å². The number of hydrogen-bond donors (Lipinski definition) is 2. The molecule has 0 unspecified atom stereocenters. The number of nitrogens with one attached hydrogen (secondary N) is 2. The molecule has 2 amide bonds. The Hall–Kier alpha value is -3.61. The fourth-order valence-electron chi connectivity index (χ4n) is 3.56. The first-order valence-corrected chi connectivity index (χ1v) is 10.3. The number of urea groups is 1. The van der Waals surface area contributed by atoms with Gasteiger partial charge in [-0.2, -0.15) is 0 Å². The molecule has 3 rings (SSSR count). The van der Waals surface area contributed by atoms with Crippen molar-refractivity contribution < 1.29 is 23.9 Å². The molecule has 7 nitrogen and oxygen atoms in total. The molecule has 0 bridgehead atoms. The fraction of sp³-hybridized carbons (Fsp3) is 0.292. The second-order valence-electron chi connectivity index (χ2n) is 7.03. The maximum Gasteiger partial charge on any atom is 0.338 e. The van der Waals surface area contributed by atoms with Gasteiger partial charge in [-0.1, -0.05) is 67.6 Å². The number of hydrogen-bond acceptors (Lipinski definition) is 5. The summed E-state index contributed by atoms with van der Waals surface area (Å²) in [5.74, 6) is -1.65. The van der Waals surface area contributed by atoms with E-state index in [9.17, 15) is 14.4 Å². The molecule has 1 aliphatic rings. The van der Waals surface area contributed by atoms with Gasteiger partial charge in [-0.15, -0.1) is 0 Å². The van der Waals surface area contributed by atoms with E-state index in [-0.39, 0.29) is 24.5 Å². The number of amides is 2. The molecule has 0 spiro atoms. The molecule has 0 radical (unpaired) electrons. The topological polar surface area (TPSA) is 93.7 Å². The van der Waals surface area contributed by atoms with E-state index in [0.717, 1.165) is 11.1 Å². The standard InChI is InChI=1S/C24H26N2O5/c1-3-18-21(23(28)30-4-2)19(26-24(29)25-18)15-31-22(27)20(16-11-7-5-8-12-16)17-13-9-6-10-14-17/h5-14,18,20H,3-4,15H2,1-2H3,(H2,25,26,29)/t18-/m1/s1. The van der Waals surface area contributed by atoms with Crippen molar-refractivity contribution in [2.75, 3.05) is 13.2 Å². The van der Waals surface area contributed by atoms with Crippen LogP contribution in [0.5, 0.6) is 0 Å². The summed E-state index contributed by atoms with van der Waals surface area (Å²) >= 11 is 0. The fourth-order valence-corrected chi connectivity index (χ4v) is 3.56. The number of benzene rings is 2. The van der Waals surface area contributed by atoms with Crippen LogP contribution in [-0.2, 0) is 19.1 Å². The summed E-state index contributed by atoms with van der Waals surface area (Å²) in [6.45, 7) is 3.51. The van der Waals surface area contributed by atoms with Crippen LogP contribution in [0.1, 0.15) is 37.3 Å². The molecule has 31 heavy (non-hydrogen) atoms. The third kappa shape index (κ3) is 5.31. The van der Waals surface area contributed by atoms with Crippen LogP contribution in [-0.4, -0.2) is 37.2 Å². The minimum Gasteiger partial charge on any atom is -0.463 e. The molecule has 0 fully saturated rings. The third-order valence-corrected chi connectivity index (χ3v) is 5.01. The maximum atomic E-state index is 13.1. The Labute approximate surface area is 181 Å². The lowest BCUT2D eigenvalue weighted by atomic mass is 9.91. The molecule has 0 saturated carbocycles. The molecule has 1 aliphatic heterocycles. The lowest BCUT2D eigenvalue weighted by Crippen LogP contribution is -2.51. The largest absolute Gasteiger partial charge is 0.463 e. The van der Waals surface area contributed by atoms with E-state index < -0.39 is 29.9 Å². The molecule has 0 saturated heterocycles. The van der Waals surface area contributed by atoms with Crippen molar-refractivity contribution in [3.63, 3.8) is 0 Å². The smallest absolute Gasteiger partial charge is 0.338 e. The zero-order valence-corrected chi connectivity index (χ0v) is 17.6. The predicted octanol–water partition coefficient (Wildman–Crippen LogP) is 3.27. The van der Waals surface area contributed by atoms with Crippen molar-refractivity contribution in [1.82, 2.24) is 10.6 Å². The van der Waals surface area contributed by atoms with Crippen LogP contribution >= 0.6 is 0 Å². The highest BCUT2D eigenvalue weighted by Crippen LogP contribution is 2.26. The van der Waals surface area contributed by atoms with Crippen molar-refractivity contribution in [3.8, 4) is 0 Å². The van der Waals surface area contributed by atoms with Crippen LogP contribution in [0.25, 0.3) is 0 Å². The Morgan fingerprint density at radius 2 is 1.52 bits per heavy atom. The molecule has 2 aromatic carbocycles. The Bertz CT molecular complexity index is 917. The van der Waals surface area contributed by atoms with E-state index in [4.69, 9.17) is 9.47 Å². The van der Waals surface area contributed by atoms with Gasteiger partial charge >= 0.3 is 18.0 Å². The Balaban J connectivity index is 1.87. The summed E-state index contributed by atoms with van der Waals surface area (Å²) in [6.07, 6.45) is 0.496. The van der Waals surface area contributed by atoms with E-state index in [1.54, 1.807) is 6.92 Å². The third-order valence-electron chi connectivity index (χ3n) is 5.01. The minimum atomic E-state index is -0.631. The lowest BCUT2D eigenvalue weighted by molar-refractivity contribution is -0.144. The summed E-state index contributed by atoms with van der Waals surface area (Å²) in [6, 6.07) is 17.7. The summed E-state index contributed by atoms with van der Waals surface area (Å²) in [7, 11) is 0. The van der Waals surface area contributed by atoms with Crippen LogP contribution in [0.2, 0.25) is 0 Å². The number of rotatable bonds is 8. The van der Waals surface area contributed by atoms with Gasteiger partial charge in [0.05, 0.1) is 23.9 Å². The highest BCUT2D eigenvalue weighted by atomic mass is 16.5. The minimum absolute atomic E-state index is 0.198. The van der Waals surface area contributed by atoms with Crippen LogP contribution in [0.4, 0.5) is 4.79 Å². The average Bonchev–Trinajstić information content (AvgIpc) is 2.79. The lowest BCUT2D eigenvalue weighted by Gasteiger charge is -2.28. The second kappa shape index (κ2) is 10.4. The number of esters is 2. The molecule has 2 aromatic rings. The second-order valence-corrected chi connectivity index (χ2v) is 7.03. The SMILES string of the molecule is CCOC(=O)C1=C(COC(=O)C(c2ccccc2)c2ccccc2)NC(=O)N[C@@H]1CC. The van der Waals surface area contributed by atoms with Gasteiger partial charge in [-0.05, 0) is 24.5 Å². The van der Waals surface area contributed by atoms with Crippen molar-refractivity contribution in [1.29, 1.82) is 0 Å². The van der Waals surface area contributed by atoms with Gasteiger partial charge in [0.2, 0.25) is 0 Å². The normalized spacial score (nSPS) is 15.8. The van der Waals surface area contributed by atoms with E-state index in [1.807, 2.05) is 67.6 Å². The molecular formula is C24H26N2O5. The average molecular weight is 422 g/mol. The molecule has 1 heterocycles. The van der Waals surface area contributed by atoms with Crippen molar-refractivity contribution in [2.24, 2.45) is 0 Å². The predicted molar refractivity (Wildman–Crippen MR) is 115 cm³/mol. The number of ether oxygens (including phenoxy) is 2. The zero-order chi connectivity index (χ0) is 22.2. The Kier molecular flexibility index (Phi) is 7.43. The highest BCUT2D eigenvalue weighted by Gasteiger charge is 2.33. The Morgan fingerprint density at radius 3 is 2.03 bits per heavy atom. The monoisotopic (exact) mass is 422 g/mol. The Morgan fingerprint density at radius 1 is 0.935 bits per heavy atom. The molecule has 0 aliphatic carbocycles. The molecule has 0 aromatic heterocycles. The van der Waals surface area contributed by atoms with Crippen LogP contribution in [0.3, 0.4) is 0 Å². The highest BCUT2D eigenvalue weighted by molar-refractivity contribution is 5.95. The van der Waals surface area contributed by atoms with Gasteiger partial charge in [0, 0.05) is 0 Å². The maximum absolute atomic E-state index is 13.1. The van der Waals surface area contributed by atoms with Gasteiger partial charge in [0.1, 0.15) is 12.5 Å². The van der Waals surface area contributed by atoms with Gasteiger partial charge in [-0.3, -0.25) is 4.79 Å². The molecule has 2 N–H and O–H groups in total. The van der Waals surface area contributed by atoms with Gasteiger partial charge in [-0.25, -0.2) is 9.59 Å². The number of carbonyl (C=O) groups excluding carboxylic acids is 3. The van der Waals surface area contributed by atoms with E-state index in [1.165, 1.54) is 0 Å². The summed E-state index contributed by atoms with van der Waals surface area (Å²) in [4.78, 5) is 37.7. The molecular weight excluding hydrogens is 396 g/mol. The molecule has 1 atom stereocenters. The first-order chi connectivity index (χ1) is 15.0. The molecule has 162 valence electrons. The zero-order valence-electron chi connectivity index (χ0n) is 17.6. The van der Waals surface area contributed by atoms with Crippen molar-refractivity contribution >= 4 is 18.0 Å². The number of carbonyl (C=O) groups is 3. The van der Waals surface area contributed by atoms with Crippen LogP contribution in [0, 0.1) is 0 Å². The summed E-state index contributed by atoms with van der Waals surface area (Å²) in [5.41, 5.74) is 2.09. The van der Waals surface area contributed by atoms with Crippen molar-refractivity contribution in [2.45, 2.75) is 32.2 Å². The van der Waals surface area contributed by atoms with E-state index in [2.05, 4.69) is 10.6 Å². The van der Waals surface area contributed by atoms with E-state index >= 15 is 0 Å². The molecule has 7 heteroatoms. The van der Waals surface area contributed by atoms with Gasteiger partial charge in [0.15, 0.2) is 0 Å². The van der Waals surface area contributed by atoms with Crippen LogP contribution < -0.4 is 10.6 Å². The quantitative estimate of drug-likeness (QED) is 0.637. The summed E-state index contributed by atoms with van der Waals surface area (Å²) in [5, 5.41) is 5.29. The van der Waals surface area contributed by atoms with Crippen LogP contribution in [0.15, 0.2) is 71.9 Å². The first-order valence-electron chi connectivity index (χ1n) is 10.3.